The second-order valence-corrected chi connectivity index (χ2v) is 9.16. The van der Waals surface area contributed by atoms with E-state index in [2.05, 4.69) is 48.1 Å². The van der Waals surface area contributed by atoms with Crippen molar-refractivity contribution in [2.45, 2.75) is 52.2 Å². The van der Waals surface area contributed by atoms with Crippen LogP contribution >= 0.6 is 0 Å². The van der Waals surface area contributed by atoms with Crippen LogP contribution in [0.4, 0.5) is 5.82 Å². The van der Waals surface area contributed by atoms with Gasteiger partial charge in [0, 0.05) is 38.4 Å². The highest BCUT2D eigenvalue weighted by Crippen LogP contribution is 2.24. The van der Waals surface area contributed by atoms with Gasteiger partial charge in [-0.2, -0.15) is 0 Å². The number of anilines is 1. The second-order valence-electron chi connectivity index (χ2n) is 9.16. The molecule has 0 spiro atoms. The zero-order valence-corrected chi connectivity index (χ0v) is 20.2. The van der Waals surface area contributed by atoms with Gasteiger partial charge in [0.15, 0.2) is 0 Å². The Morgan fingerprint density at radius 1 is 1.15 bits per heavy atom. The van der Waals surface area contributed by atoms with Crippen LogP contribution in [0.15, 0.2) is 48.7 Å². The fourth-order valence-corrected chi connectivity index (χ4v) is 4.19. The van der Waals surface area contributed by atoms with Crippen molar-refractivity contribution in [3.05, 3.63) is 59.8 Å². The van der Waals surface area contributed by atoms with Gasteiger partial charge in [-0.25, -0.2) is 4.98 Å². The van der Waals surface area contributed by atoms with Gasteiger partial charge >= 0.3 is 5.97 Å². The van der Waals surface area contributed by atoms with Crippen LogP contribution in [-0.4, -0.2) is 65.5 Å². The smallest absolute Gasteiger partial charge is 0.307 e. The first kappa shape index (κ1) is 24.7. The van der Waals surface area contributed by atoms with Crippen molar-refractivity contribution in [1.29, 1.82) is 0 Å². The predicted octanol–water partition coefficient (Wildman–Crippen LogP) is 3.82. The molecule has 7 heteroatoms. The largest absolute Gasteiger partial charge is 0.469 e. The molecule has 1 unspecified atom stereocenters. The van der Waals surface area contributed by atoms with Crippen LogP contribution in [0.25, 0.3) is 0 Å². The number of nitrogens with one attached hydrogen (secondary N) is 1. The zero-order valence-electron chi connectivity index (χ0n) is 20.2. The van der Waals surface area contributed by atoms with E-state index in [4.69, 9.17) is 4.74 Å². The lowest BCUT2D eigenvalue weighted by Gasteiger charge is -2.45. The molecule has 0 radical (unpaired) electrons. The molecule has 178 valence electrons. The molecule has 2 aromatic rings. The molecule has 1 aromatic heterocycles. The minimum absolute atomic E-state index is 0.102. The number of benzene rings is 1. The molecule has 0 saturated carbocycles. The normalized spacial score (nSPS) is 18.9. The molecule has 1 amide bonds. The van der Waals surface area contributed by atoms with Crippen molar-refractivity contribution >= 4 is 17.7 Å². The molecule has 2 atom stereocenters. The van der Waals surface area contributed by atoms with Gasteiger partial charge in [0.05, 0.1) is 25.1 Å². The Labute approximate surface area is 197 Å². The maximum absolute atomic E-state index is 13.7. The number of methoxy groups -OCH3 is 1. The molecular weight excluding hydrogens is 416 g/mol. The summed E-state index contributed by atoms with van der Waals surface area (Å²) in [6.07, 6.45) is 2.85. The minimum atomic E-state index is -0.312. The monoisotopic (exact) mass is 452 g/mol. The first-order valence-corrected chi connectivity index (χ1v) is 11.7. The van der Waals surface area contributed by atoms with Crippen molar-refractivity contribution < 1.29 is 14.3 Å². The van der Waals surface area contributed by atoms with E-state index in [0.717, 1.165) is 19.5 Å². The molecular formula is C26H36N4O3. The quantitative estimate of drug-likeness (QED) is 0.583. The molecule has 1 fully saturated rings. The first-order chi connectivity index (χ1) is 15.9. The van der Waals surface area contributed by atoms with E-state index in [1.807, 2.05) is 29.2 Å². The maximum atomic E-state index is 13.7. The zero-order chi connectivity index (χ0) is 23.8. The number of pyridine rings is 1. The molecule has 1 aromatic carbocycles. The van der Waals surface area contributed by atoms with E-state index in [9.17, 15) is 9.59 Å². The van der Waals surface area contributed by atoms with Crippen molar-refractivity contribution in [3.8, 4) is 0 Å². The van der Waals surface area contributed by atoms with Gasteiger partial charge in [-0.3, -0.25) is 14.5 Å². The lowest BCUT2D eigenvalue weighted by Crippen LogP contribution is -2.59. The Kier molecular flexibility index (Phi) is 8.83. The molecule has 1 saturated heterocycles. The second kappa shape index (κ2) is 11.8. The molecule has 0 aliphatic carbocycles. The fourth-order valence-electron chi connectivity index (χ4n) is 4.19. The van der Waals surface area contributed by atoms with Crippen LogP contribution in [0.5, 0.6) is 0 Å². The summed E-state index contributed by atoms with van der Waals surface area (Å²) in [7, 11) is 1.39. The molecule has 1 N–H and O–H groups in total. The Morgan fingerprint density at radius 2 is 1.91 bits per heavy atom. The van der Waals surface area contributed by atoms with Crippen LogP contribution < -0.4 is 5.32 Å². The predicted molar refractivity (Wildman–Crippen MR) is 130 cm³/mol. The van der Waals surface area contributed by atoms with E-state index in [1.165, 1.54) is 12.7 Å². The summed E-state index contributed by atoms with van der Waals surface area (Å²) in [5, 5.41) is 3.32. The summed E-state index contributed by atoms with van der Waals surface area (Å²) in [6, 6.07) is 13.7. The highest BCUT2D eigenvalue weighted by atomic mass is 16.5. The molecule has 1 aliphatic rings. The number of piperazine rings is 1. The summed E-state index contributed by atoms with van der Waals surface area (Å²) >= 11 is 0. The van der Waals surface area contributed by atoms with E-state index >= 15 is 0 Å². The molecule has 3 rings (SSSR count). The Bertz CT molecular complexity index is 919. The summed E-state index contributed by atoms with van der Waals surface area (Å²) in [4.78, 5) is 34.5. The Balaban J connectivity index is 1.80. The van der Waals surface area contributed by atoms with Crippen LogP contribution in [0.1, 0.15) is 49.5 Å². The standard InChI is InChI=1S/C26H36N4O3/c1-19(2)12-14-28-25-23(11-8-13-27-25)26(32)30-16-20(3)29(17-21-9-6-5-7-10-21)18-22(30)15-24(31)33-4/h5-11,13,19-20,22H,12,14-18H2,1-4H3,(H,27,28)/t20-,22?/m0/s1. The van der Waals surface area contributed by atoms with E-state index in [0.29, 0.717) is 30.4 Å². The summed E-state index contributed by atoms with van der Waals surface area (Å²) in [5.41, 5.74) is 1.75. The lowest BCUT2D eigenvalue weighted by molar-refractivity contribution is -0.142. The fraction of sp³-hybridized carbons (Fsp3) is 0.500. The highest BCUT2D eigenvalue weighted by molar-refractivity contribution is 5.99. The minimum Gasteiger partial charge on any atom is -0.469 e. The number of rotatable bonds is 9. The number of ether oxygens (including phenoxy) is 1. The van der Waals surface area contributed by atoms with Crippen LogP contribution in [0.2, 0.25) is 0 Å². The Morgan fingerprint density at radius 3 is 2.61 bits per heavy atom. The number of hydrogen-bond acceptors (Lipinski definition) is 6. The number of carbonyl (C=O) groups is 2. The average Bonchev–Trinajstić information content (AvgIpc) is 2.81. The van der Waals surface area contributed by atoms with Crippen LogP contribution in [0, 0.1) is 5.92 Å². The number of amides is 1. The van der Waals surface area contributed by atoms with Crippen molar-refractivity contribution in [1.82, 2.24) is 14.8 Å². The number of hydrogen-bond donors (Lipinski definition) is 1. The molecule has 33 heavy (non-hydrogen) atoms. The molecule has 7 nitrogen and oxygen atoms in total. The third kappa shape index (κ3) is 6.78. The topological polar surface area (TPSA) is 74.8 Å². The average molecular weight is 453 g/mol. The summed E-state index contributed by atoms with van der Waals surface area (Å²) in [5.74, 6) is 0.742. The van der Waals surface area contributed by atoms with Gasteiger partial charge in [0.1, 0.15) is 5.82 Å². The number of aromatic nitrogens is 1. The van der Waals surface area contributed by atoms with Gasteiger partial charge in [0.25, 0.3) is 5.91 Å². The number of nitrogens with zero attached hydrogens (tertiary/aromatic N) is 3. The maximum Gasteiger partial charge on any atom is 0.307 e. The lowest BCUT2D eigenvalue weighted by atomic mass is 10.0. The van der Waals surface area contributed by atoms with E-state index < -0.39 is 0 Å². The van der Waals surface area contributed by atoms with Crippen molar-refractivity contribution in [2.75, 3.05) is 32.1 Å². The van der Waals surface area contributed by atoms with Crippen LogP contribution in [0.3, 0.4) is 0 Å². The van der Waals surface area contributed by atoms with Crippen LogP contribution in [-0.2, 0) is 16.1 Å². The molecule has 1 aliphatic heterocycles. The van der Waals surface area contributed by atoms with E-state index in [-0.39, 0.29) is 30.4 Å². The van der Waals surface area contributed by atoms with E-state index in [1.54, 1.807) is 12.3 Å². The molecule has 0 bridgehead atoms. The third-order valence-corrected chi connectivity index (χ3v) is 6.14. The molecule has 2 heterocycles. The van der Waals surface area contributed by atoms with Gasteiger partial charge in [-0.05, 0) is 37.0 Å². The third-order valence-electron chi connectivity index (χ3n) is 6.14. The van der Waals surface area contributed by atoms with Gasteiger partial charge in [-0.15, -0.1) is 0 Å². The summed E-state index contributed by atoms with van der Waals surface area (Å²) < 4.78 is 4.95. The first-order valence-electron chi connectivity index (χ1n) is 11.7. The highest BCUT2D eigenvalue weighted by Gasteiger charge is 2.37. The van der Waals surface area contributed by atoms with Gasteiger partial charge < -0.3 is 15.0 Å². The van der Waals surface area contributed by atoms with Crippen molar-refractivity contribution in [3.63, 3.8) is 0 Å². The van der Waals surface area contributed by atoms with Crippen molar-refractivity contribution in [2.24, 2.45) is 5.92 Å². The summed E-state index contributed by atoms with van der Waals surface area (Å²) in [6.45, 7) is 9.13. The van der Waals surface area contributed by atoms with Gasteiger partial charge in [-0.1, -0.05) is 44.2 Å². The number of carbonyl (C=O) groups excluding carboxylic acids is 2. The van der Waals surface area contributed by atoms with Gasteiger partial charge in [0.2, 0.25) is 0 Å². The Hall–Kier alpha value is -2.93. The number of esters is 1. The SMILES string of the molecule is COC(=O)CC1CN(Cc2ccccc2)[C@@H](C)CN1C(=O)c1cccnc1NCCC(C)C.